The number of halogens is 3. The second-order valence-electron chi connectivity index (χ2n) is 3.08. The number of alkyl halides is 3. The molecule has 0 bridgehead atoms. The van der Waals surface area contributed by atoms with Crippen LogP contribution in [0.4, 0.5) is 19.0 Å². The molecule has 0 aliphatic heterocycles. The zero-order valence-corrected chi connectivity index (χ0v) is 7.94. The number of pyridine rings is 1. The maximum Gasteiger partial charge on any atom is 0.433 e. The Balaban J connectivity index is 2.44. The summed E-state index contributed by atoms with van der Waals surface area (Å²) in [5.74, 6) is 0.241. The monoisotopic (exact) mass is 228 g/mol. The fourth-order valence-corrected chi connectivity index (χ4v) is 1.20. The zero-order valence-electron chi connectivity index (χ0n) is 7.94. The molecular weight excluding hydrogens is 221 g/mol. The molecule has 0 aliphatic rings. The topological polar surface area (TPSA) is 56.7 Å². The number of nitrogens with zero attached hydrogens (tertiary/aromatic N) is 3. The van der Waals surface area contributed by atoms with E-state index in [0.717, 1.165) is 12.3 Å². The predicted octanol–water partition coefficient (Wildman–Crippen LogP) is 1.87. The molecule has 7 heteroatoms. The first-order valence-corrected chi connectivity index (χ1v) is 4.31. The lowest BCUT2D eigenvalue weighted by atomic mass is 10.3. The molecule has 84 valence electrons. The molecule has 0 saturated heterocycles. The van der Waals surface area contributed by atoms with Crippen LogP contribution in [0.1, 0.15) is 5.69 Å². The number of hydrogen-bond donors (Lipinski definition) is 1. The van der Waals surface area contributed by atoms with Crippen molar-refractivity contribution in [3.05, 3.63) is 36.3 Å². The van der Waals surface area contributed by atoms with Crippen molar-refractivity contribution in [2.24, 2.45) is 0 Å². The quantitative estimate of drug-likeness (QED) is 0.810. The molecule has 0 fully saturated rings. The smallest absolute Gasteiger partial charge is 0.382 e. The van der Waals surface area contributed by atoms with E-state index >= 15 is 0 Å². The van der Waals surface area contributed by atoms with Crippen LogP contribution in [0.3, 0.4) is 0 Å². The SMILES string of the molecule is Nc1ccn(-c2ccnc(C(F)(F)F)c2)n1. The minimum Gasteiger partial charge on any atom is -0.382 e. The van der Waals surface area contributed by atoms with Crippen molar-refractivity contribution in [1.29, 1.82) is 0 Å². The van der Waals surface area contributed by atoms with Crippen LogP contribution in [0.5, 0.6) is 0 Å². The first-order valence-electron chi connectivity index (χ1n) is 4.31. The highest BCUT2D eigenvalue weighted by atomic mass is 19.4. The van der Waals surface area contributed by atoms with Gasteiger partial charge in [-0.15, -0.1) is 0 Å². The van der Waals surface area contributed by atoms with E-state index < -0.39 is 11.9 Å². The summed E-state index contributed by atoms with van der Waals surface area (Å²) in [5, 5.41) is 3.80. The largest absolute Gasteiger partial charge is 0.433 e. The molecular formula is C9H7F3N4. The minimum absolute atomic E-state index is 0.241. The van der Waals surface area contributed by atoms with Crippen LogP contribution in [-0.4, -0.2) is 14.8 Å². The van der Waals surface area contributed by atoms with Gasteiger partial charge >= 0.3 is 6.18 Å². The molecule has 0 unspecified atom stereocenters. The van der Waals surface area contributed by atoms with E-state index in [1.807, 2.05) is 0 Å². The average Bonchev–Trinajstić information content (AvgIpc) is 2.64. The Hall–Kier alpha value is -2.05. The molecule has 2 heterocycles. The molecule has 2 rings (SSSR count). The van der Waals surface area contributed by atoms with E-state index in [2.05, 4.69) is 10.1 Å². The predicted molar refractivity (Wildman–Crippen MR) is 50.8 cm³/mol. The second-order valence-corrected chi connectivity index (χ2v) is 3.08. The normalized spacial score (nSPS) is 11.7. The van der Waals surface area contributed by atoms with E-state index in [-0.39, 0.29) is 11.5 Å². The van der Waals surface area contributed by atoms with Gasteiger partial charge < -0.3 is 5.73 Å². The first kappa shape index (κ1) is 10.5. The highest BCUT2D eigenvalue weighted by Crippen LogP contribution is 2.28. The zero-order chi connectivity index (χ0) is 11.8. The lowest BCUT2D eigenvalue weighted by Gasteiger charge is -2.07. The van der Waals surface area contributed by atoms with Crippen LogP contribution in [0.15, 0.2) is 30.6 Å². The van der Waals surface area contributed by atoms with E-state index in [1.54, 1.807) is 0 Å². The van der Waals surface area contributed by atoms with Crippen LogP contribution < -0.4 is 5.73 Å². The number of nitrogens with two attached hydrogens (primary N) is 1. The molecule has 0 saturated carbocycles. The molecule has 2 aromatic rings. The Morgan fingerprint density at radius 3 is 2.56 bits per heavy atom. The molecule has 0 aromatic carbocycles. The summed E-state index contributed by atoms with van der Waals surface area (Å²) in [6, 6.07) is 3.82. The second kappa shape index (κ2) is 3.51. The third-order valence-electron chi connectivity index (χ3n) is 1.91. The van der Waals surface area contributed by atoms with Gasteiger partial charge in [0.2, 0.25) is 0 Å². The lowest BCUT2D eigenvalue weighted by molar-refractivity contribution is -0.141. The van der Waals surface area contributed by atoms with Crippen molar-refractivity contribution < 1.29 is 13.2 Å². The van der Waals surface area contributed by atoms with Crippen molar-refractivity contribution in [1.82, 2.24) is 14.8 Å². The summed E-state index contributed by atoms with van der Waals surface area (Å²) in [7, 11) is 0. The van der Waals surface area contributed by atoms with Crippen LogP contribution in [0.2, 0.25) is 0 Å². The average molecular weight is 228 g/mol. The summed E-state index contributed by atoms with van der Waals surface area (Å²) < 4.78 is 38.4. The highest BCUT2D eigenvalue weighted by Gasteiger charge is 2.32. The maximum absolute atomic E-state index is 12.4. The van der Waals surface area contributed by atoms with Gasteiger partial charge in [-0.25, -0.2) is 4.68 Å². The summed E-state index contributed by atoms with van der Waals surface area (Å²) in [6.07, 6.45) is -1.91. The van der Waals surface area contributed by atoms with Crippen LogP contribution in [-0.2, 0) is 6.18 Å². The molecule has 0 amide bonds. The third-order valence-corrected chi connectivity index (χ3v) is 1.91. The van der Waals surface area contributed by atoms with Gasteiger partial charge in [-0.2, -0.15) is 18.3 Å². The van der Waals surface area contributed by atoms with Gasteiger partial charge in [0.15, 0.2) is 0 Å². The van der Waals surface area contributed by atoms with Crippen LogP contribution in [0, 0.1) is 0 Å². The minimum atomic E-state index is -4.46. The van der Waals surface area contributed by atoms with Gasteiger partial charge in [-0.1, -0.05) is 0 Å². The number of aromatic nitrogens is 3. The molecule has 0 aliphatic carbocycles. The molecule has 16 heavy (non-hydrogen) atoms. The molecule has 0 atom stereocenters. The Morgan fingerprint density at radius 2 is 2.00 bits per heavy atom. The molecule has 4 nitrogen and oxygen atoms in total. The number of rotatable bonds is 1. The van der Waals surface area contributed by atoms with Gasteiger partial charge in [0.1, 0.15) is 11.5 Å². The number of nitrogen functional groups attached to an aromatic ring is 1. The van der Waals surface area contributed by atoms with Gasteiger partial charge in [-0.3, -0.25) is 4.98 Å². The fourth-order valence-electron chi connectivity index (χ4n) is 1.20. The van der Waals surface area contributed by atoms with Crippen LogP contribution in [0.25, 0.3) is 5.69 Å². The summed E-state index contributed by atoms with van der Waals surface area (Å²) in [5.41, 5.74) is 4.67. The number of anilines is 1. The summed E-state index contributed by atoms with van der Waals surface area (Å²) >= 11 is 0. The van der Waals surface area contributed by atoms with E-state index in [1.165, 1.54) is 23.0 Å². The van der Waals surface area contributed by atoms with Gasteiger partial charge in [0, 0.05) is 18.5 Å². The van der Waals surface area contributed by atoms with Crippen molar-refractivity contribution in [2.75, 3.05) is 5.73 Å². The van der Waals surface area contributed by atoms with Gasteiger partial charge in [0.05, 0.1) is 5.69 Å². The highest BCUT2D eigenvalue weighted by molar-refractivity contribution is 5.35. The van der Waals surface area contributed by atoms with Crippen molar-refractivity contribution in [3.8, 4) is 5.69 Å². The molecule has 2 N–H and O–H groups in total. The van der Waals surface area contributed by atoms with E-state index in [9.17, 15) is 13.2 Å². The van der Waals surface area contributed by atoms with E-state index in [0.29, 0.717) is 0 Å². The first-order chi connectivity index (χ1) is 7.47. The third kappa shape index (κ3) is 1.97. The maximum atomic E-state index is 12.4. The molecule has 0 radical (unpaired) electrons. The Morgan fingerprint density at radius 1 is 1.25 bits per heavy atom. The summed E-state index contributed by atoms with van der Waals surface area (Å²) in [6.45, 7) is 0. The van der Waals surface area contributed by atoms with Gasteiger partial charge in [0.25, 0.3) is 0 Å². The lowest BCUT2D eigenvalue weighted by Crippen LogP contribution is -2.09. The van der Waals surface area contributed by atoms with Crippen molar-refractivity contribution >= 4 is 5.82 Å². The Bertz CT molecular complexity index is 503. The Kier molecular flexibility index (Phi) is 2.30. The molecule has 0 spiro atoms. The fraction of sp³-hybridized carbons (Fsp3) is 0.111. The summed E-state index contributed by atoms with van der Waals surface area (Å²) in [4.78, 5) is 3.25. The van der Waals surface area contributed by atoms with Gasteiger partial charge in [-0.05, 0) is 12.1 Å². The number of hydrogen-bond acceptors (Lipinski definition) is 3. The van der Waals surface area contributed by atoms with Crippen molar-refractivity contribution in [3.63, 3.8) is 0 Å². The standard InChI is InChI=1S/C9H7F3N4/c10-9(11,12)7-5-6(1-3-14-7)16-4-2-8(13)15-16/h1-5H,(H2,13,15). The molecule has 2 aromatic heterocycles. The van der Waals surface area contributed by atoms with Crippen LogP contribution >= 0.6 is 0 Å². The van der Waals surface area contributed by atoms with E-state index in [4.69, 9.17) is 5.73 Å². The van der Waals surface area contributed by atoms with Crippen molar-refractivity contribution in [2.45, 2.75) is 6.18 Å². The Labute approximate surface area is 88.5 Å².